The van der Waals surface area contributed by atoms with Gasteiger partial charge in [-0.05, 0) is 38.3 Å². The number of carbonyl (C=O) groups is 1. The number of fused-ring (bicyclic) bond motifs is 1. The summed E-state index contributed by atoms with van der Waals surface area (Å²) in [5.74, 6) is -0.260. The molecule has 1 amide bonds. The summed E-state index contributed by atoms with van der Waals surface area (Å²) < 4.78 is 0. The Morgan fingerprint density at radius 2 is 2.00 bits per heavy atom. The summed E-state index contributed by atoms with van der Waals surface area (Å²) in [7, 11) is 0. The van der Waals surface area contributed by atoms with E-state index in [0.29, 0.717) is 11.1 Å². The highest BCUT2D eigenvalue weighted by molar-refractivity contribution is 5.96. The third-order valence-electron chi connectivity index (χ3n) is 2.67. The Kier molecular flexibility index (Phi) is 3.19. The van der Waals surface area contributed by atoms with Crippen molar-refractivity contribution in [3.8, 4) is 0 Å². The Morgan fingerprint density at radius 1 is 1.28 bits per heavy atom. The van der Waals surface area contributed by atoms with E-state index in [1.165, 1.54) is 0 Å². The van der Waals surface area contributed by atoms with Crippen LogP contribution >= 0.6 is 0 Å². The number of aromatic nitrogens is 1. The number of pyridine rings is 1. The molecule has 0 fully saturated rings. The van der Waals surface area contributed by atoms with Gasteiger partial charge < -0.3 is 10.3 Å². The second-order valence-corrected chi connectivity index (χ2v) is 4.73. The van der Waals surface area contributed by atoms with Crippen LogP contribution in [-0.4, -0.2) is 16.9 Å². The summed E-state index contributed by atoms with van der Waals surface area (Å²) in [6, 6.07) is 7.33. The Bertz CT molecular complexity index is 656. The normalized spacial score (nSPS) is 10.9. The molecule has 18 heavy (non-hydrogen) atoms. The van der Waals surface area contributed by atoms with Gasteiger partial charge in [-0.3, -0.25) is 9.59 Å². The van der Waals surface area contributed by atoms with Gasteiger partial charge in [-0.15, -0.1) is 0 Å². The third kappa shape index (κ3) is 2.42. The Hall–Kier alpha value is -2.10. The lowest BCUT2D eigenvalue weighted by Crippen LogP contribution is -2.31. The molecule has 1 aromatic carbocycles. The van der Waals surface area contributed by atoms with Gasteiger partial charge in [0, 0.05) is 11.4 Å². The standard InChI is InChI=1S/C14H16N2O2/c1-8(2)15-14(18)12-7-10-5-4-9(3)6-11(10)13(17)16-12/h4-8H,1-3H3,(H,15,18)(H,16,17). The predicted octanol–water partition coefficient (Wildman–Crippen LogP) is 1.97. The number of rotatable bonds is 2. The van der Waals surface area contributed by atoms with Crippen LogP contribution in [0.1, 0.15) is 29.9 Å². The quantitative estimate of drug-likeness (QED) is 0.848. The first-order valence-electron chi connectivity index (χ1n) is 5.92. The van der Waals surface area contributed by atoms with Gasteiger partial charge in [-0.25, -0.2) is 0 Å². The van der Waals surface area contributed by atoms with Crippen LogP contribution in [0.2, 0.25) is 0 Å². The summed E-state index contributed by atoms with van der Waals surface area (Å²) in [4.78, 5) is 26.4. The van der Waals surface area contributed by atoms with E-state index in [1.54, 1.807) is 6.07 Å². The highest BCUT2D eigenvalue weighted by Crippen LogP contribution is 2.12. The summed E-state index contributed by atoms with van der Waals surface area (Å²) in [5.41, 5.74) is 1.09. The van der Waals surface area contributed by atoms with E-state index in [4.69, 9.17) is 0 Å². The molecule has 2 N–H and O–H groups in total. The maximum atomic E-state index is 11.9. The molecule has 0 spiro atoms. The van der Waals surface area contributed by atoms with Crippen LogP contribution in [0, 0.1) is 6.92 Å². The Morgan fingerprint density at radius 3 is 2.67 bits per heavy atom. The average Bonchev–Trinajstić information content (AvgIpc) is 2.29. The Balaban J connectivity index is 2.53. The van der Waals surface area contributed by atoms with Crippen LogP contribution in [0.4, 0.5) is 0 Å². The van der Waals surface area contributed by atoms with Crippen LogP contribution < -0.4 is 10.9 Å². The van der Waals surface area contributed by atoms with Crippen molar-refractivity contribution in [1.82, 2.24) is 10.3 Å². The number of hydrogen-bond acceptors (Lipinski definition) is 2. The summed E-state index contributed by atoms with van der Waals surface area (Å²) >= 11 is 0. The lowest BCUT2D eigenvalue weighted by atomic mass is 10.1. The van der Waals surface area contributed by atoms with Crippen molar-refractivity contribution >= 4 is 16.7 Å². The van der Waals surface area contributed by atoms with E-state index >= 15 is 0 Å². The van der Waals surface area contributed by atoms with E-state index in [9.17, 15) is 9.59 Å². The predicted molar refractivity (Wildman–Crippen MR) is 71.9 cm³/mol. The van der Waals surface area contributed by atoms with Gasteiger partial charge in [0.15, 0.2) is 0 Å². The number of aryl methyl sites for hydroxylation is 1. The van der Waals surface area contributed by atoms with E-state index < -0.39 is 0 Å². The smallest absolute Gasteiger partial charge is 0.268 e. The second kappa shape index (κ2) is 4.64. The van der Waals surface area contributed by atoms with Crippen molar-refractivity contribution in [2.45, 2.75) is 26.8 Å². The van der Waals surface area contributed by atoms with E-state index in [0.717, 1.165) is 10.9 Å². The molecule has 0 aliphatic heterocycles. The number of hydrogen-bond donors (Lipinski definition) is 2. The highest BCUT2D eigenvalue weighted by Gasteiger charge is 2.10. The number of carbonyl (C=O) groups excluding carboxylic acids is 1. The molecule has 0 bridgehead atoms. The second-order valence-electron chi connectivity index (χ2n) is 4.73. The van der Waals surface area contributed by atoms with Crippen LogP contribution in [0.25, 0.3) is 10.8 Å². The van der Waals surface area contributed by atoms with E-state index in [2.05, 4.69) is 10.3 Å². The van der Waals surface area contributed by atoms with Crippen molar-refractivity contribution in [1.29, 1.82) is 0 Å². The molecule has 2 rings (SSSR count). The largest absolute Gasteiger partial charge is 0.349 e. The number of amides is 1. The zero-order valence-electron chi connectivity index (χ0n) is 10.7. The molecule has 0 atom stereocenters. The monoisotopic (exact) mass is 244 g/mol. The summed E-state index contributed by atoms with van der Waals surface area (Å²) in [6.45, 7) is 5.68. The van der Waals surface area contributed by atoms with Crippen LogP contribution in [-0.2, 0) is 0 Å². The molecule has 0 saturated carbocycles. The SMILES string of the molecule is Cc1ccc2cc(C(=O)NC(C)C)[nH]c(=O)c2c1. The van der Waals surface area contributed by atoms with Gasteiger partial charge in [0.1, 0.15) is 5.69 Å². The number of H-pyrrole nitrogens is 1. The maximum absolute atomic E-state index is 11.9. The number of nitrogens with one attached hydrogen (secondary N) is 2. The Labute approximate surface area is 105 Å². The van der Waals surface area contributed by atoms with Crippen LogP contribution in [0.15, 0.2) is 29.1 Å². The minimum atomic E-state index is -0.260. The topological polar surface area (TPSA) is 62.0 Å². The number of benzene rings is 1. The summed E-state index contributed by atoms with van der Waals surface area (Å²) in [6.07, 6.45) is 0. The molecule has 1 heterocycles. The van der Waals surface area contributed by atoms with Gasteiger partial charge in [0.25, 0.3) is 11.5 Å². The first kappa shape index (κ1) is 12.4. The van der Waals surface area contributed by atoms with Crippen molar-refractivity contribution in [3.05, 3.63) is 45.9 Å². The minimum Gasteiger partial charge on any atom is -0.349 e. The first-order chi connectivity index (χ1) is 8.47. The van der Waals surface area contributed by atoms with Gasteiger partial charge in [0.2, 0.25) is 0 Å². The average molecular weight is 244 g/mol. The van der Waals surface area contributed by atoms with Crippen LogP contribution in [0.3, 0.4) is 0 Å². The fourth-order valence-electron chi connectivity index (χ4n) is 1.84. The fraction of sp³-hybridized carbons (Fsp3) is 0.286. The molecule has 0 radical (unpaired) electrons. The first-order valence-corrected chi connectivity index (χ1v) is 5.92. The van der Waals surface area contributed by atoms with Crippen molar-refractivity contribution in [2.24, 2.45) is 0 Å². The maximum Gasteiger partial charge on any atom is 0.268 e. The zero-order chi connectivity index (χ0) is 13.3. The van der Waals surface area contributed by atoms with Crippen molar-refractivity contribution < 1.29 is 4.79 Å². The highest BCUT2D eigenvalue weighted by atomic mass is 16.2. The van der Waals surface area contributed by atoms with Crippen LogP contribution in [0.5, 0.6) is 0 Å². The fourth-order valence-corrected chi connectivity index (χ4v) is 1.84. The molecule has 0 saturated heterocycles. The lowest BCUT2D eigenvalue weighted by Gasteiger charge is -2.08. The molecule has 1 aromatic heterocycles. The molecule has 4 heteroatoms. The molecule has 0 aliphatic carbocycles. The molecule has 0 aliphatic rings. The van der Waals surface area contributed by atoms with Crippen molar-refractivity contribution in [3.63, 3.8) is 0 Å². The zero-order valence-corrected chi connectivity index (χ0v) is 10.7. The molecule has 94 valence electrons. The van der Waals surface area contributed by atoms with Gasteiger partial charge in [0.05, 0.1) is 0 Å². The van der Waals surface area contributed by atoms with E-state index in [-0.39, 0.29) is 17.5 Å². The summed E-state index contributed by atoms with van der Waals surface area (Å²) in [5, 5.41) is 4.14. The third-order valence-corrected chi connectivity index (χ3v) is 2.67. The van der Waals surface area contributed by atoms with E-state index in [1.807, 2.05) is 39.0 Å². The van der Waals surface area contributed by atoms with Crippen molar-refractivity contribution in [2.75, 3.05) is 0 Å². The molecule has 0 unspecified atom stereocenters. The minimum absolute atomic E-state index is 0.0368. The molecular weight excluding hydrogens is 228 g/mol. The molecular formula is C14H16N2O2. The molecule has 2 aromatic rings. The van der Waals surface area contributed by atoms with Gasteiger partial charge in [-0.2, -0.15) is 0 Å². The van der Waals surface area contributed by atoms with Gasteiger partial charge >= 0.3 is 0 Å². The number of aromatic amines is 1. The molecule has 4 nitrogen and oxygen atoms in total. The van der Waals surface area contributed by atoms with Gasteiger partial charge in [-0.1, -0.05) is 17.7 Å². The lowest BCUT2D eigenvalue weighted by molar-refractivity contribution is 0.0938.